The molecule has 2 heterocycles. The van der Waals surface area contributed by atoms with Crippen molar-refractivity contribution in [2.75, 3.05) is 18.5 Å². The molecule has 1 fully saturated rings. The molecular formula is C29H27F3N4O3. The molecule has 1 unspecified atom stereocenters. The fourth-order valence-electron chi connectivity index (χ4n) is 4.56. The summed E-state index contributed by atoms with van der Waals surface area (Å²) in [6.45, 7) is 1.23. The van der Waals surface area contributed by atoms with E-state index in [0.717, 1.165) is 41.6 Å². The van der Waals surface area contributed by atoms with Gasteiger partial charge in [0.15, 0.2) is 0 Å². The summed E-state index contributed by atoms with van der Waals surface area (Å²) in [7, 11) is 0. The van der Waals surface area contributed by atoms with E-state index in [1.807, 2.05) is 47.0 Å². The van der Waals surface area contributed by atoms with E-state index in [4.69, 9.17) is 4.74 Å². The van der Waals surface area contributed by atoms with Gasteiger partial charge in [0, 0.05) is 36.5 Å². The van der Waals surface area contributed by atoms with Gasteiger partial charge in [0.25, 0.3) is 5.91 Å². The predicted octanol–water partition coefficient (Wildman–Crippen LogP) is 5.88. The molecule has 3 aromatic carbocycles. The molecule has 5 rings (SSSR count). The highest BCUT2D eigenvalue weighted by Crippen LogP contribution is 2.27. The Morgan fingerprint density at radius 3 is 2.64 bits per heavy atom. The number of amides is 2. The first-order valence-electron chi connectivity index (χ1n) is 12.7. The first-order valence-corrected chi connectivity index (χ1v) is 12.7. The smallest absolute Gasteiger partial charge is 0.376 e. The first-order chi connectivity index (χ1) is 18.7. The molecule has 1 aliphatic heterocycles. The molecule has 0 aliphatic carbocycles. The standard InChI is InChI=1S/C29H27F3N4O3/c30-29(31,32)12-11-27(37)35-22-6-2-7-23(16-22)36-18-34-25-15-20(9-10-26(25)36)19-4-1-5-21(14-19)28(38)33-17-24-8-3-13-39-24/h1-2,4-7,9-10,14-16,18,24H,3,8,11-13,17H2,(H,33,38)(H,35,37). The minimum atomic E-state index is -4.38. The fraction of sp³-hybridized carbons (Fsp3) is 0.276. The predicted molar refractivity (Wildman–Crippen MR) is 142 cm³/mol. The van der Waals surface area contributed by atoms with Crippen LogP contribution in [-0.2, 0) is 9.53 Å². The van der Waals surface area contributed by atoms with Crippen LogP contribution in [0.5, 0.6) is 0 Å². The van der Waals surface area contributed by atoms with Gasteiger partial charge in [0.2, 0.25) is 5.91 Å². The molecule has 2 N–H and O–H groups in total. The number of fused-ring (bicyclic) bond motifs is 1. The lowest BCUT2D eigenvalue weighted by Crippen LogP contribution is -2.31. The Labute approximate surface area is 223 Å². The van der Waals surface area contributed by atoms with Gasteiger partial charge >= 0.3 is 6.18 Å². The van der Waals surface area contributed by atoms with Gasteiger partial charge < -0.3 is 15.4 Å². The number of alkyl halides is 3. The molecule has 0 saturated carbocycles. The topological polar surface area (TPSA) is 85.2 Å². The maximum Gasteiger partial charge on any atom is 0.389 e. The maximum absolute atomic E-state index is 12.7. The number of aromatic nitrogens is 2. The van der Waals surface area contributed by atoms with Crippen LogP contribution < -0.4 is 10.6 Å². The van der Waals surface area contributed by atoms with Crippen molar-refractivity contribution >= 4 is 28.5 Å². The molecule has 1 aromatic heterocycles. The van der Waals surface area contributed by atoms with Crippen molar-refractivity contribution in [2.24, 2.45) is 0 Å². The monoisotopic (exact) mass is 536 g/mol. The highest BCUT2D eigenvalue weighted by Gasteiger charge is 2.28. The lowest BCUT2D eigenvalue weighted by molar-refractivity contribution is -0.142. The molecule has 4 aromatic rings. The van der Waals surface area contributed by atoms with Crippen molar-refractivity contribution in [3.8, 4) is 16.8 Å². The lowest BCUT2D eigenvalue weighted by atomic mass is 10.0. The summed E-state index contributed by atoms with van der Waals surface area (Å²) < 4.78 is 44.7. The van der Waals surface area contributed by atoms with Crippen LogP contribution in [0.15, 0.2) is 73.1 Å². The third kappa shape index (κ3) is 6.64. The van der Waals surface area contributed by atoms with E-state index < -0.39 is 24.9 Å². The van der Waals surface area contributed by atoms with Crippen molar-refractivity contribution in [2.45, 2.75) is 38.0 Å². The largest absolute Gasteiger partial charge is 0.389 e. The first kappa shape index (κ1) is 26.4. The molecule has 7 nitrogen and oxygen atoms in total. The molecule has 1 saturated heterocycles. The summed E-state index contributed by atoms with van der Waals surface area (Å²) in [5, 5.41) is 5.47. The van der Waals surface area contributed by atoms with Gasteiger partial charge in [0.05, 0.1) is 23.6 Å². The van der Waals surface area contributed by atoms with Crippen molar-refractivity contribution in [3.63, 3.8) is 0 Å². The van der Waals surface area contributed by atoms with Gasteiger partial charge in [-0.2, -0.15) is 13.2 Å². The molecule has 1 atom stereocenters. The molecule has 1 aliphatic rings. The highest BCUT2D eigenvalue weighted by atomic mass is 19.4. The van der Waals surface area contributed by atoms with Crippen LogP contribution in [-0.4, -0.2) is 46.8 Å². The molecule has 0 bridgehead atoms. The lowest BCUT2D eigenvalue weighted by Gasteiger charge is -2.11. The Morgan fingerprint density at radius 2 is 1.85 bits per heavy atom. The van der Waals surface area contributed by atoms with Crippen LogP contribution in [0.3, 0.4) is 0 Å². The van der Waals surface area contributed by atoms with Crippen molar-refractivity contribution in [1.82, 2.24) is 14.9 Å². The van der Waals surface area contributed by atoms with E-state index in [1.165, 1.54) is 0 Å². The molecule has 10 heteroatoms. The van der Waals surface area contributed by atoms with Gasteiger partial charge in [-0.05, 0) is 66.4 Å². The van der Waals surface area contributed by atoms with E-state index in [9.17, 15) is 22.8 Å². The zero-order valence-electron chi connectivity index (χ0n) is 21.0. The van der Waals surface area contributed by atoms with E-state index in [1.54, 1.807) is 30.6 Å². The number of benzene rings is 3. The van der Waals surface area contributed by atoms with Gasteiger partial charge in [-0.25, -0.2) is 4.98 Å². The van der Waals surface area contributed by atoms with Crippen LogP contribution in [0.25, 0.3) is 27.8 Å². The zero-order chi connectivity index (χ0) is 27.4. The number of ether oxygens (including phenoxy) is 1. The minimum Gasteiger partial charge on any atom is -0.376 e. The van der Waals surface area contributed by atoms with Crippen LogP contribution in [0.4, 0.5) is 18.9 Å². The normalized spacial score (nSPS) is 15.4. The van der Waals surface area contributed by atoms with E-state index in [2.05, 4.69) is 15.6 Å². The molecule has 2 amide bonds. The minimum absolute atomic E-state index is 0.0704. The Morgan fingerprint density at radius 1 is 1.03 bits per heavy atom. The molecule has 0 radical (unpaired) electrons. The third-order valence-corrected chi connectivity index (χ3v) is 6.56. The number of carbonyl (C=O) groups excluding carboxylic acids is 2. The SMILES string of the molecule is O=C(CCC(F)(F)F)Nc1cccc(-n2cnc3cc(-c4cccc(C(=O)NCC5CCCO5)c4)ccc32)c1. The summed E-state index contributed by atoms with van der Waals surface area (Å²) in [5.41, 5.74) is 4.96. The van der Waals surface area contributed by atoms with Crippen molar-refractivity contribution in [3.05, 3.63) is 78.6 Å². The molecular weight excluding hydrogens is 509 g/mol. The molecule has 0 spiro atoms. The quantitative estimate of drug-likeness (QED) is 0.295. The summed E-state index contributed by atoms with van der Waals surface area (Å²) in [6.07, 6.45) is -2.51. The number of halogens is 3. The van der Waals surface area contributed by atoms with Crippen LogP contribution >= 0.6 is 0 Å². The van der Waals surface area contributed by atoms with Crippen molar-refractivity contribution < 1.29 is 27.5 Å². The number of carbonyl (C=O) groups is 2. The number of hydrogen-bond donors (Lipinski definition) is 2. The summed E-state index contributed by atoms with van der Waals surface area (Å²) in [5.74, 6) is -0.851. The fourth-order valence-corrected chi connectivity index (χ4v) is 4.56. The average molecular weight is 537 g/mol. The maximum atomic E-state index is 12.7. The Hall–Kier alpha value is -4.18. The summed E-state index contributed by atoms with van der Waals surface area (Å²) in [6, 6.07) is 20.0. The van der Waals surface area contributed by atoms with E-state index in [0.29, 0.717) is 23.5 Å². The van der Waals surface area contributed by atoms with Crippen LogP contribution in [0.1, 0.15) is 36.0 Å². The second-order valence-electron chi connectivity index (χ2n) is 9.46. The van der Waals surface area contributed by atoms with Gasteiger partial charge in [-0.1, -0.05) is 24.3 Å². The number of rotatable bonds is 8. The Balaban J connectivity index is 1.31. The van der Waals surface area contributed by atoms with E-state index >= 15 is 0 Å². The number of nitrogens with one attached hydrogen (secondary N) is 2. The van der Waals surface area contributed by atoms with E-state index in [-0.39, 0.29) is 12.0 Å². The van der Waals surface area contributed by atoms with Gasteiger partial charge in [-0.15, -0.1) is 0 Å². The summed E-state index contributed by atoms with van der Waals surface area (Å²) >= 11 is 0. The van der Waals surface area contributed by atoms with Crippen LogP contribution in [0.2, 0.25) is 0 Å². The average Bonchev–Trinajstić information content (AvgIpc) is 3.60. The van der Waals surface area contributed by atoms with Gasteiger partial charge in [0.1, 0.15) is 6.33 Å². The molecule has 202 valence electrons. The van der Waals surface area contributed by atoms with Crippen molar-refractivity contribution in [1.29, 1.82) is 0 Å². The zero-order valence-corrected chi connectivity index (χ0v) is 21.0. The second kappa shape index (κ2) is 11.3. The van der Waals surface area contributed by atoms with Gasteiger partial charge in [-0.3, -0.25) is 14.2 Å². The van der Waals surface area contributed by atoms with Crippen LogP contribution in [0, 0.1) is 0 Å². The number of imidazole rings is 1. The Bertz CT molecular complexity index is 1490. The second-order valence-corrected chi connectivity index (χ2v) is 9.46. The Kier molecular flexibility index (Phi) is 7.65. The number of hydrogen-bond acceptors (Lipinski definition) is 4. The molecule has 39 heavy (non-hydrogen) atoms. The highest BCUT2D eigenvalue weighted by molar-refractivity contribution is 5.96. The summed E-state index contributed by atoms with van der Waals surface area (Å²) in [4.78, 5) is 29.1. The third-order valence-electron chi connectivity index (χ3n) is 6.56. The number of anilines is 1. The number of nitrogens with zero attached hydrogens (tertiary/aromatic N) is 2.